The minimum atomic E-state index is -4.34. The van der Waals surface area contributed by atoms with Crippen LogP contribution in [0, 0.1) is 0 Å². The molecule has 3 atom stereocenters. The summed E-state index contributed by atoms with van der Waals surface area (Å²) in [6.07, 6.45) is 53.8. The number of phosphoric acid groups is 1. The zero-order valence-corrected chi connectivity index (χ0v) is 41.1. The van der Waals surface area contributed by atoms with Crippen LogP contribution in [0.5, 0.6) is 0 Å². The van der Waals surface area contributed by atoms with Crippen molar-refractivity contribution < 1.29 is 32.9 Å². The van der Waals surface area contributed by atoms with Gasteiger partial charge in [-0.3, -0.25) is 13.8 Å². The van der Waals surface area contributed by atoms with Gasteiger partial charge in [-0.15, -0.1) is 0 Å². The van der Waals surface area contributed by atoms with E-state index in [1.54, 1.807) is 6.08 Å². The number of rotatable bonds is 46. The summed E-state index contributed by atoms with van der Waals surface area (Å²) in [5.74, 6) is -0.180. The van der Waals surface area contributed by atoms with Gasteiger partial charge in [-0.25, -0.2) is 4.57 Å². The lowest BCUT2D eigenvalue weighted by molar-refractivity contribution is -0.870. The number of unbranched alkanes of at least 4 members (excludes halogenated alkanes) is 29. The Hall–Kier alpha value is -1.28. The quantitative estimate of drug-likeness (QED) is 0.0244. The van der Waals surface area contributed by atoms with Crippen LogP contribution in [-0.4, -0.2) is 73.4 Å². The van der Waals surface area contributed by atoms with Crippen molar-refractivity contribution >= 4 is 13.7 Å². The molecule has 0 rings (SSSR count). The average molecular weight is 868 g/mol. The molecule has 60 heavy (non-hydrogen) atoms. The van der Waals surface area contributed by atoms with Gasteiger partial charge in [-0.2, -0.15) is 0 Å². The van der Waals surface area contributed by atoms with Crippen LogP contribution in [0.3, 0.4) is 0 Å². The molecule has 8 nitrogen and oxygen atoms in total. The fraction of sp³-hybridized carbons (Fsp3) is 0.863. The average Bonchev–Trinajstić information content (AvgIpc) is 3.20. The molecule has 0 aromatic carbocycles. The number of amides is 1. The van der Waals surface area contributed by atoms with E-state index in [1.165, 1.54) is 167 Å². The summed E-state index contributed by atoms with van der Waals surface area (Å²) in [5, 5.41) is 13.8. The highest BCUT2D eigenvalue weighted by atomic mass is 31.2. The van der Waals surface area contributed by atoms with Crippen LogP contribution in [0.1, 0.15) is 232 Å². The third-order valence-electron chi connectivity index (χ3n) is 11.4. The van der Waals surface area contributed by atoms with Crippen LogP contribution >= 0.6 is 7.82 Å². The first-order valence-electron chi connectivity index (χ1n) is 25.4. The maximum Gasteiger partial charge on any atom is 0.472 e. The summed E-state index contributed by atoms with van der Waals surface area (Å²) >= 11 is 0. The number of phosphoric ester groups is 1. The number of hydrogen-bond donors (Lipinski definition) is 3. The number of aliphatic hydroxyl groups excluding tert-OH is 1. The normalized spacial score (nSPS) is 14.4. The third kappa shape index (κ3) is 44.8. The van der Waals surface area contributed by atoms with Crippen LogP contribution < -0.4 is 5.32 Å². The standard InChI is InChI=1S/C51H99N2O6P/c1-6-8-10-12-14-16-18-19-20-21-22-23-24-25-26-27-28-29-30-31-32-33-35-37-39-41-43-45-51(55)52-49(48-59-60(56,57)58-47-46-53(3,4)5)50(54)44-42-40-38-36-34-17-15-13-11-9-7-2/h22-23,25-26,42,44,49-50,54H,6-21,24,27-41,43,45-48H2,1-5H3,(H-,52,55,56,57)/p+1/b23-22-,26-25-,44-42+. The van der Waals surface area contributed by atoms with Gasteiger partial charge in [-0.1, -0.05) is 211 Å². The van der Waals surface area contributed by atoms with Crippen LogP contribution in [0.2, 0.25) is 0 Å². The van der Waals surface area contributed by atoms with Crippen LogP contribution in [0.15, 0.2) is 36.5 Å². The van der Waals surface area contributed by atoms with E-state index in [-0.39, 0.29) is 19.1 Å². The molecule has 0 aliphatic rings. The Bertz CT molecular complexity index is 1070. The molecule has 0 radical (unpaired) electrons. The van der Waals surface area contributed by atoms with E-state index in [9.17, 15) is 19.4 Å². The second-order valence-electron chi connectivity index (χ2n) is 18.5. The van der Waals surface area contributed by atoms with Crippen molar-refractivity contribution in [1.82, 2.24) is 5.32 Å². The van der Waals surface area contributed by atoms with Crippen LogP contribution in [0.25, 0.3) is 0 Å². The number of quaternary nitrogens is 1. The highest BCUT2D eigenvalue weighted by Crippen LogP contribution is 2.43. The predicted molar refractivity (Wildman–Crippen MR) is 258 cm³/mol. The number of nitrogens with one attached hydrogen (secondary N) is 1. The molecule has 3 N–H and O–H groups in total. The van der Waals surface area contributed by atoms with Crippen LogP contribution in [0.4, 0.5) is 0 Å². The Morgan fingerprint density at radius 2 is 0.950 bits per heavy atom. The number of aliphatic hydroxyl groups is 1. The molecule has 0 aliphatic carbocycles. The largest absolute Gasteiger partial charge is 0.472 e. The lowest BCUT2D eigenvalue weighted by Crippen LogP contribution is -2.45. The van der Waals surface area contributed by atoms with Crippen molar-refractivity contribution in [2.24, 2.45) is 0 Å². The topological polar surface area (TPSA) is 105 Å². The van der Waals surface area contributed by atoms with Gasteiger partial charge in [0.15, 0.2) is 0 Å². The van der Waals surface area contributed by atoms with Gasteiger partial charge in [0.05, 0.1) is 39.9 Å². The number of carbonyl (C=O) groups is 1. The zero-order chi connectivity index (χ0) is 44.3. The fourth-order valence-electron chi connectivity index (χ4n) is 7.31. The van der Waals surface area contributed by atoms with E-state index in [0.29, 0.717) is 17.4 Å². The van der Waals surface area contributed by atoms with E-state index >= 15 is 0 Å². The van der Waals surface area contributed by atoms with Crippen molar-refractivity contribution in [3.05, 3.63) is 36.5 Å². The summed E-state index contributed by atoms with van der Waals surface area (Å²) in [7, 11) is 1.57. The molecular weight excluding hydrogens is 768 g/mol. The Morgan fingerprint density at radius 1 is 0.567 bits per heavy atom. The van der Waals surface area contributed by atoms with Crippen molar-refractivity contribution in [3.8, 4) is 0 Å². The van der Waals surface area contributed by atoms with Gasteiger partial charge >= 0.3 is 7.82 Å². The predicted octanol–water partition coefficient (Wildman–Crippen LogP) is 14.6. The second kappa shape index (κ2) is 43.0. The third-order valence-corrected chi connectivity index (χ3v) is 12.3. The van der Waals surface area contributed by atoms with Crippen molar-refractivity contribution in [3.63, 3.8) is 0 Å². The molecule has 0 aromatic rings. The number of carbonyl (C=O) groups excluding carboxylic acids is 1. The minimum Gasteiger partial charge on any atom is -0.387 e. The first-order chi connectivity index (χ1) is 29.0. The lowest BCUT2D eigenvalue weighted by atomic mass is 10.0. The second-order valence-corrected chi connectivity index (χ2v) is 20.0. The molecule has 354 valence electrons. The van der Waals surface area contributed by atoms with E-state index in [4.69, 9.17) is 9.05 Å². The van der Waals surface area contributed by atoms with E-state index < -0.39 is 20.0 Å². The minimum absolute atomic E-state index is 0.0611. The number of likely N-dealkylation sites (N-methyl/N-ethyl adjacent to an activating group) is 1. The molecule has 0 spiro atoms. The molecule has 0 bridgehead atoms. The molecule has 9 heteroatoms. The molecule has 0 aliphatic heterocycles. The molecule has 0 saturated carbocycles. The summed E-state index contributed by atoms with van der Waals surface area (Å²) in [4.78, 5) is 23.1. The SMILES string of the molecule is CCCCCCCCCCC/C=C\C/C=C\CCCCCCCCCCCCCC(=O)NC(COP(=O)(O)OCC[N+](C)(C)C)C(O)/C=C/CCCCCCCCCCC. The number of allylic oxidation sites excluding steroid dienone is 5. The summed E-state index contributed by atoms with van der Waals surface area (Å²) in [6, 6.07) is -0.845. The summed E-state index contributed by atoms with van der Waals surface area (Å²) in [5.41, 5.74) is 0. The summed E-state index contributed by atoms with van der Waals surface area (Å²) in [6.45, 7) is 4.81. The van der Waals surface area contributed by atoms with Gasteiger partial charge in [0.25, 0.3) is 0 Å². The first kappa shape index (κ1) is 58.7. The highest BCUT2D eigenvalue weighted by molar-refractivity contribution is 7.47. The van der Waals surface area contributed by atoms with Crippen molar-refractivity contribution in [2.45, 2.75) is 244 Å². The highest BCUT2D eigenvalue weighted by Gasteiger charge is 2.27. The Kier molecular flexibility index (Phi) is 42.1. The van der Waals surface area contributed by atoms with Gasteiger partial charge < -0.3 is 19.8 Å². The van der Waals surface area contributed by atoms with Crippen molar-refractivity contribution in [1.29, 1.82) is 0 Å². The van der Waals surface area contributed by atoms with Gasteiger partial charge in [-0.05, 0) is 51.4 Å². The number of nitrogens with zero attached hydrogens (tertiary/aromatic N) is 1. The molecule has 0 heterocycles. The molecule has 0 fully saturated rings. The fourth-order valence-corrected chi connectivity index (χ4v) is 8.04. The van der Waals surface area contributed by atoms with Gasteiger partial charge in [0.1, 0.15) is 13.2 Å². The molecule has 1 amide bonds. The molecule has 0 aromatic heterocycles. The molecule has 0 saturated heterocycles. The van der Waals surface area contributed by atoms with Crippen LogP contribution in [-0.2, 0) is 18.4 Å². The van der Waals surface area contributed by atoms with Gasteiger partial charge in [0, 0.05) is 6.42 Å². The van der Waals surface area contributed by atoms with E-state index in [1.807, 2.05) is 27.2 Å². The smallest absolute Gasteiger partial charge is 0.387 e. The number of hydrogen-bond acceptors (Lipinski definition) is 5. The van der Waals surface area contributed by atoms with Gasteiger partial charge in [0.2, 0.25) is 5.91 Å². The Balaban J connectivity index is 4.15. The maximum atomic E-state index is 12.9. The Labute approximate surface area is 372 Å². The molecular formula is C51H100N2O6P+. The Morgan fingerprint density at radius 3 is 1.37 bits per heavy atom. The zero-order valence-electron chi connectivity index (χ0n) is 40.2. The van der Waals surface area contributed by atoms with Crippen molar-refractivity contribution in [2.75, 3.05) is 40.9 Å². The lowest BCUT2D eigenvalue weighted by Gasteiger charge is -2.25. The summed E-state index contributed by atoms with van der Waals surface area (Å²) < 4.78 is 23.6. The molecule has 3 unspecified atom stereocenters. The first-order valence-corrected chi connectivity index (χ1v) is 26.9. The monoisotopic (exact) mass is 868 g/mol. The maximum absolute atomic E-state index is 12.9. The van der Waals surface area contributed by atoms with E-state index in [0.717, 1.165) is 44.9 Å². The van der Waals surface area contributed by atoms with E-state index in [2.05, 4.69) is 43.5 Å².